The summed E-state index contributed by atoms with van der Waals surface area (Å²) in [4.78, 5) is 17.0. The molecule has 116 valence electrons. The summed E-state index contributed by atoms with van der Waals surface area (Å²) < 4.78 is 3.96. The molecule has 1 N–H and O–H groups in total. The van der Waals surface area contributed by atoms with Crippen LogP contribution in [0.5, 0.6) is 0 Å². The molecule has 5 heterocycles. The van der Waals surface area contributed by atoms with E-state index in [0.29, 0.717) is 11.8 Å². The van der Waals surface area contributed by atoms with Crippen molar-refractivity contribution in [1.82, 2.24) is 19.3 Å². The van der Waals surface area contributed by atoms with Gasteiger partial charge in [-0.15, -0.1) is 0 Å². The van der Waals surface area contributed by atoms with Crippen molar-refractivity contribution >= 4 is 5.65 Å². The highest BCUT2D eigenvalue weighted by molar-refractivity contribution is 5.67. The van der Waals surface area contributed by atoms with Crippen LogP contribution in [0.25, 0.3) is 16.8 Å². The number of nitrogens with one attached hydrogen (secondary N) is 1. The molecule has 2 aliphatic rings. The van der Waals surface area contributed by atoms with Crippen molar-refractivity contribution in [2.45, 2.75) is 18.9 Å². The Hall–Kier alpha value is -2.40. The molecule has 0 aromatic carbocycles. The van der Waals surface area contributed by atoms with Crippen molar-refractivity contribution in [1.29, 1.82) is 0 Å². The van der Waals surface area contributed by atoms with Gasteiger partial charge < -0.3 is 14.3 Å². The van der Waals surface area contributed by atoms with Crippen LogP contribution in [-0.2, 0) is 6.54 Å². The molecule has 0 unspecified atom stereocenters. The second kappa shape index (κ2) is 4.80. The first-order valence-electron chi connectivity index (χ1n) is 8.16. The van der Waals surface area contributed by atoms with E-state index in [1.807, 2.05) is 33.5 Å². The maximum Gasteiger partial charge on any atom is 0.251 e. The SMILES string of the molecule is O=c1cc(-c2ccn3ccnc3c2)cc2n1C[C@@H]1CNC[C@H]2C1. The number of piperidine rings is 1. The zero-order chi connectivity index (χ0) is 15.4. The fraction of sp³-hybridized carbons (Fsp3) is 0.333. The smallest absolute Gasteiger partial charge is 0.251 e. The van der Waals surface area contributed by atoms with Crippen molar-refractivity contribution in [3.8, 4) is 11.1 Å². The number of rotatable bonds is 1. The average Bonchev–Trinajstić information content (AvgIpc) is 3.03. The Morgan fingerprint density at radius 3 is 3.04 bits per heavy atom. The highest BCUT2D eigenvalue weighted by Gasteiger charge is 2.31. The van der Waals surface area contributed by atoms with Crippen molar-refractivity contribution in [2.24, 2.45) is 5.92 Å². The van der Waals surface area contributed by atoms with Gasteiger partial charge in [0.2, 0.25) is 0 Å². The third kappa shape index (κ3) is 2.04. The molecule has 0 amide bonds. The Morgan fingerprint density at radius 1 is 1.13 bits per heavy atom. The number of nitrogens with zero attached hydrogens (tertiary/aromatic N) is 3. The van der Waals surface area contributed by atoms with Gasteiger partial charge in [0.05, 0.1) is 0 Å². The molecular formula is C18H18N4O. The van der Waals surface area contributed by atoms with Crippen LogP contribution >= 0.6 is 0 Å². The second-order valence-electron chi connectivity index (χ2n) is 6.68. The summed E-state index contributed by atoms with van der Waals surface area (Å²) in [7, 11) is 0. The number of imidazole rings is 1. The summed E-state index contributed by atoms with van der Waals surface area (Å²) in [6.07, 6.45) is 6.89. The molecule has 0 aliphatic carbocycles. The molecule has 5 rings (SSSR count). The van der Waals surface area contributed by atoms with Crippen LogP contribution in [0.2, 0.25) is 0 Å². The molecule has 0 radical (unpaired) electrons. The molecule has 0 spiro atoms. The van der Waals surface area contributed by atoms with Gasteiger partial charge in [0, 0.05) is 49.4 Å². The lowest BCUT2D eigenvalue weighted by Gasteiger charge is -2.37. The summed E-state index contributed by atoms with van der Waals surface area (Å²) in [6.45, 7) is 2.84. The Labute approximate surface area is 133 Å². The summed E-state index contributed by atoms with van der Waals surface area (Å²) in [6, 6.07) is 8.05. The molecule has 5 nitrogen and oxygen atoms in total. The van der Waals surface area contributed by atoms with Gasteiger partial charge in [-0.1, -0.05) is 0 Å². The normalized spacial score (nSPS) is 23.0. The second-order valence-corrected chi connectivity index (χ2v) is 6.68. The molecule has 3 aromatic rings. The first-order chi connectivity index (χ1) is 11.3. The van der Waals surface area contributed by atoms with Crippen LogP contribution in [0.3, 0.4) is 0 Å². The monoisotopic (exact) mass is 306 g/mol. The van der Waals surface area contributed by atoms with Crippen LogP contribution in [-0.4, -0.2) is 27.0 Å². The lowest BCUT2D eigenvalue weighted by Crippen LogP contribution is -2.44. The summed E-state index contributed by atoms with van der Waals surface area (Å²) in [5.41, 5.74) is 4.25. The van der Waals surface area contributed by atoms with E-state index in [-0.39, 0.29) is 5.56 Å². The molecule has 3 aromatic heterocycles. The average molecular weight is 306 g/mol. The molecule has 1 saturated heterocycles. The third-order valence-corrected chi connectivity index (χ3v) is 5.19. The number of pyridine rings is 2. The van der Waals surface area contributed by atoms with Crippen LogP contribution in [0.1, 0.15) is 18.0 Å². The standard InChI is InChI=1S/C18H18N4O/c23-18-8-14(13-1-3-21-4-2-20-17(21)7-13)6-16-15-5-12(9-19-10-15)11-22(16)18/h1-4,6-8,12,15,19H,5,9-11H2/t12-,15+/m0/s1. The number of hydrogen-bond acceptors (Lipinski definition) is 3. The minimum Gasteiger partial charge on any atom is -0.316 e. The van der Waals surface area contributed by atoms with E-state index in [9.17, 15) is 4.79 Å². The minimum atomic E-state index is 0.123. The Balaban J connectivity index is 1.67. The first-order valence-corrected chi connectivity index (χ1v) is 8.16. The maximum absolute atomic E-state index is 12.6. The Morgan fingerprint density at radius 2 is 2.09 bits per heavy atom. The van der Waals surface area contributed by atoms with Gasteiger partial charge in [-0.25, -0.2) is 4.98 Å². The highest BCUT2D eigenvalue weighted by Crippen LogP contribution is 2.33. The topological polar surface area (TPSA) is 51.3 Å². The van der Waals surface area contributed by atoms with Gasteiger partial charge in [-0.05, 0) is 48.2 Å². The van der Waals surface area contributed by atoms with E-state index in [0.717, 1.165) is 36.4 Å². The fourth-order valence-corrected chi connectivity index (χ4v) is 4.06. The van der Waals surface area contributed by atoms with Crippen LogP contribution in [0.4, 0.5) is 0 Å². The van der Waals surface area contributed by atoms with Crippen molar-refractivity contribution in [2.75, 3.05) is 13.1 Å². The fourth-order valence-electron chi connectivity index (χ4n) is 4.06. The highest BCUT2D eigenvalue weighted by atomic mass is 16.1. The van der Waals surface area contributed by atoms with Crippen molar-refractivity contribution < 1.29 is 0 Å². The Bertz CT molecular complexity index is 955. The molecular weight excluding hydrogens is 288 g/mol. The number of aromatic nitrogens is 3. The predicted octanol–water partition coefficient (Wildman–Crippen LogP) is 1.87. The van der Waals surface area contributed by atoms with E-state index in [4.69, 9.17) is 0 Å². The molecule has 23 heavy (non-hydrogen) atoms. The van der Waals surface area contributed by atoms with Gasteiger partial charge in [0.1, 0.15) is 5.65 Å². The largest absolute Gasteiger partial charge is 0.316 e. The summed E-state index contributed by atoms with van der Waals surface area (Å²) in [5, 5.41) is 3.50. The van der Waals surface area contributed by atoms with E-state index >= 15 is 0 Å². The van der Waals surface area contributed by atoms with Crippen LogP contribution in [0.15, 0.2) is 47.7 Å². The first kappa shape index (κ1) is 13.1. The number of hydrogen-bond donors (Lipinski definition) is 1. The quantitative estimate of drug-likeness (QED) is 0.747. The lowest BCUT2D eigenvalue weighted by molar-refractivity contribution is 0.257. The summed E-state index contributed by atoms with van der Waals surface area (Å²) in [5.74, 6) is 1.04. The van der Waals surface area contributed by atoms with Gasteiger partial charge in [-0.2, -0.15) is 0 Å². The predicted molar refractivity (Wildman–Crippen MR) is 88.6 cm³/mol. The molecule has 2 bridgehead atoms. The molecule has 2 aliphatic heterocycles. The zero-order valence-electron chi connectivity index (χ0n) is 12.8. The van der Waals surface area contributed by atoms with Crippen molar-refractivity contribution in [3.05, 3.63) is 58.9 Å². The number of fused-ring (bicyclic) bond motifs is 5. The zero-order valence-corrected chi connectivity index (χ0v) is 12.8. The molecule has 2 atom stereocenters. The third-order valence-electron chi connectivity index (χ3n) is 5.19. The van der Waals surface area contributed by atoms with Crippen molar-refractivity contribution in [3.63, 3.8) is 0 Å². The van der Waals surface area contributed by atoms with Gasteiger partial charge in [0.15, 0.2) is 0 Å². The van der Waals surface area contributed by atoms with E-state index in [1.165, 1.54) is 12.1 Å². The lowest BCUT2D eigenvalue weighted by atomic mass is 9.83. The van der Waals surface area contributed by atoms with Gasteiger partial charge >= 0.3 is 0 Å². The van der Waals surface area contributed by atoms with E-state index in [2.05, 4.69) is 16.4 Å². The van der Waals surface area contributed by atoms with Gasteiger partial charge in [0.25, 0.3) is 5.56 Å². The summed E-state index contributed by atoms with van der Waals surface area (Å²) >= 11 is 0. The van der Waals surface area contributed by atoms with E-state index in [1.54, 1.807) is 12.3 Å². The molecule has 1 fully saturated rings. The Kier molecular flexibility index (Phi) is 2.73. The molecule has 0 saturated carbocycles. The molecule has 5 heteroatoms. The minimum absolute atomic E-state index is 0.123. The van der Waals surface area contributed by atoms with Crippen LogP contribution < -0.4 is 10.9 Å². The maximum atomic E-state index is 12.6. The van der Waals surface area contributed by atoms with E-state index < -0.39 is 0 Å². The van der Waals surface area contributed by atoms with Crippen LogP contribution in [0, 0.1) is 5.92 Å². The van der Waals surface area contributed by atoms with Gasteiger partial charge in [-0.3, -0.25) is 4.79 Å².